The summed E-state index contributed by atoms with van der Waals surface area (Å²) in [7, 11) is -3.46. The average molecular weight is 310 g/mol. The van der Waals surface area contributed by atoms with Crippen LogP contribution < -0.4 is 4.72 Å². The molecule has 0 radical (unpaired) electrons. The number of hydrogen-bond donors (Lipinski definition) is 1. The van der Waals surface area contributed by atoms with Crippen molar-refractivity contribution in [2.75, 3.05) is 0 Å². The molecular weight excluding hydrogens is 292 g/mol. The van der Waals surface area contributed by atoms with Crippen molar-refractivity contribution in [2.45, 2.75) is 37.5 Å². The SMILES string of the molecule is O=[N+]([O-])c1cccc(CS(=O)(=O)N[C@@H]2C[C@H]3CC[C@H]2C3)c1. The van der Waals surface area contributed by atoms with Crippen LogP contribution in [-0.4, -0.2) is 19.4 Å². The fraction of sp³-hybridized carbons (Fsp3) is 0.571. The van der Waals surface area contributed by atoms with Gasteiger partial charge in [0.05, 0.1) is 10.7 Å². The predicted molar refractivity (Wildman–Crippen MR) is 78.1 cm³/mol. The van der Waals surface area contributed by atoms with E-state index in [9.17, 15) is 18.5 Å². The van der Waals surface area contributed by atoms with Crippen LogP contribution in [0.15, 0.2) is 24.3 Å². The van der Waals surface area contributed by atoms with E-state index in [-0.39, 0.29) is 17.5 Å². The zero-order valence-electron chi connectivity index (χ0n) is 11.6. The van der Waals surface area contributed by atoms with Gasteiger partial charge in [0, 0.05) is 18.2 Å². The Kier molecular flexibility index (Phi) is 3.71. The van der Waals surface area contributed by atoms with Crippen molar-refractivity contribution in [3.05, 3.63) is 39.9 Å². The van der Waals surface area contributed by atoms with Gasteiger partial charge < -0.3 is 0 Å². The first-order valence-electron chi connectivity index (χ1n) is 7.16. The van der Waals surface area contributed by atoms with Gasteiger partial charge in [-0.2, -0.15) is 0 Å². The van der Waals surface area contributed by atoms with E-state index in [0.717, 1.165) is 19.3 Å². The molecule has 0 unspecified atom stereocenters. The molecule has 1 aromatic carbocycles. The van der Waals surface area contributed by atoms with Crippen molar-refractivity contribution in [3.63, 3.8) is 0 Å². The van der Waals surface area contributed by atoms with E-state index >= 15 is 0 Å². The lowest BCUT2D eigenvalue weighted by molar-refractivity contribution is -0.384. The Morgan fingerprint density at radius 2 is 2.10 bits per heavy atom. The van der Waals surface area contributed by atoms with Gasteiger partial charge in [0.1, 0.15) is 0 Å². The smallest absolute Gasteiger partial charge is 0.258 e. The van der Waals surface area contributed by atoms with Crippen molar-refractivity contribution in [3.8, 4) is 0 Å². The number of nitrogens with one attached hydrogen (secondary N) is 1. The highest BCUT2D eigenvalue weighted by atomic mass is 32.2. The maximum absolute atomic E-state index is 12.2. The molecule has 0 spiro atoms. The van der Waals surface area contributed by atoms with E-state index < -0.39 is 14.9 Å². The van der Waals surface area contributed by atoms with E-state index in [1.54, 1.807) is 6.07 Å². The molecule has 1 aromatic rings. The van der Waals surface area contributed by atoms with E-state index in [4.69, 9.17) is 0 Å². The van der Waals surface area contributed by atoms with Gasteiger partial charge in [-0.1, -0.05) is 18.6 Å². The van der Waals surface area contributed by atoms with Crippen molar-refractivity contribution in [1.29, 1.82) is 0 Å². The maximum Gasteiger partial charge on any atom is 0.269 e. The number of benzene rings is 1. The van der Waals surface area contributed by atoms with Gasteiger partial charge in [-0.15, -0.1) is 0 Å². The van der Waals surface area contributed by atoms with Gasteiger partial charge in [0.2, 0.25) is 10.0 Å². The van der Waals surface area contributed by atoms with Crippen LogP contribution in [0.4, 0.5) is 5.69 Å². The van der Waals surface area contributed by atoms with Gasteiger partial charge in [-0.3, -0.25) is 10.1 Å². The number of sulfonamides is 1. The van der Waals surface area contributed by atoms with Gasteiger partial charge in [-0.05, 0) is 36.7 Å². The highest BCUT2D eigenvalue weighted by Gasteiger charge is 2.41. The first-order chi connectivity index (χ1) is 9.93. The summed E-state index contributed by atoms with van der Waals surface area (Å²) in [4.78, 5) is 10.2. The summed E-state index contributed by atoms with van der Waals surface area (Å²) in [5.74, 6) is 0.929. The molecular formula is C14H18N2O4S. The summed E-state index contributed by atoms with van der Waals surface area (Å²) in [6, 6.07) is 5.85. The molecule has 0 aliphatic heterocycles. The van der Waals surface area contributed by atoms with Gasteiger partial charge >= 0.3 is 0 Å². The third-order valence-electron chi connectivity index (χ3n) is 4.55. The molecule has 3 atom stereocenters. The van der Waals surface area contributed by atoms with E-state index in [0.29, 0.717) is 17.4 Å². The quantitative estimate of drug-likeness (QED) is 0.667. The van der Waals surface area contributed by atoms with Crippen molar-refractivity contribution in [2.24, 2.45) is 11.8 Å². The van der Waals surface area contributed by atoms with Crippen LogP contribution in [0.5, 0.6) is 0 Å². The third-order valence-corrected chi connectivity index (χ3v) is 5.92. The molecule has 2 fully saturated rings. The second-order valence-electron chi connectivity index (χ2n) is 6.09. The number of fused-ring (bicyclic) bond motifs is 2. The molecule has 2 bridgehead atoms. The molecule has 2 aliphatic carbocycles. The Labute approximate surface area is 123 Å². The number of hydrogen-bond acceptors (Lipinski definition) is 4. The summed E-state index contributed by atoms with van der Waals surface area (Å²) in [6.45, 7) is 0. The lowest BCUT2D eigenvalue weighted by Gasteiger charge is -2.22. The number of non-ortho nitro benzene ring substituents is 1. The van der Waals surface area contributed by atoms with Crippen LogP contribution in [0.1, 0.15) is 31.2 Å². The standard InChI is InChI=1S/C14H18N2O4S/c17-16(18)13-3-1-2-11(7-13)9-21(19,20)15-14-8-10-4-5-12(14)6-10/h1-3,7,10,12,14-15H,4-6,8-9H2/t10-,12-,14+/m0/s1. The average Bonchev–Trinajstić information content (AvgIpc) is 3.00. The lowest BCUT2D eigenvalue weighted by Crippen LogP contribution is -2.39. The third kappa shape index (κ3) is 3.24. The van der Waals surface area contributed by atoms with E-state index in [2.05, 4.69) is 4.72 Å². The summed E-state index contributed by atoms with van der Waals surface area (Å²) in [6.07, 6.45) is 4.38. The highest BCUT2D eigenvalue weighted by molar-refractivity contribution is 7.88. The first-order valence-corrected chi connectivity index (χ1v) is 8.81. The molecule has 7 heteroatoms. The second-order valence-corrected chi connectivity index (χ2v) is 7.84. The molecule has 0 heterocycles. The van der Waals surface area contributed by atoms with Crippen molar-refractivity contribution in [1.82, 2.24) is 4.72 Å². The fourth-order valence-electron chi connectivity index (χ4n) is 3.64. The molecule has 6 nitrogen and oxygen atoms in total. The topological polar surface area (TPSA) is 89.3 Å². The minimum Gasteiger partial charge on any atom is -0.258 e. The van der Waals surface area contributed by atoms with Gasteiger partial charge in [0.25, 0.3) is 5.69 Å². The number of nitrogens with zero attached hydrogens (tertiary/aromatic N) is 1. The molecule has 114 valence electrons. The Morgan fingerprint density at radius 1 is 1.29 bits per heavy atom. The van der Waals surface area contributed by atoms with Crippen LogP contribution in [0, 0.1) is 22.0 Å². The fourth-order valence-corrected chi connectivity index (χ4v) is 5.09. The summed E-state index contributed by atoms with van der Waals surface area (Å²) >= 11 is 0. The zero-order chi connectivity index (χ0) is 15.0. The van der Waals surface area contributed by atoms with E-state index in [1.807, 2.05) is 0 Å². The molecule has 1 N–H and O–H groups in total. The zero-order valence-corrected chi connectivity index (χ0v) is 12.4. The second kappa shape index (κ2) is 5.38. The van der Waals surface area contributed by atoms with E-state index in [1.165, 1.54) is 24.6 Å². The molecule has 0 saturated heterocycles. The minimum absolute atomic E-state index is 0.0486. The van der Waals surface area contributed by atoms with Crippen LogP contribution in [-0.2, 0) is 15.8 Å². The summed E-state index contributed by atoms with van der Waals surface area (Å²) < 4.78 is 27.3. The first kappa shape index (κ1) is 14.5. The Balaban J connectivity index is 1.68. The molecule has 3 rings (SSSR count). The maximum atomic E-state index is 12.2. The summed E-state index contributed by atoms with van der Waals surface area (Å²) in [5, 5.41) is 10.7. The molecule has 0 aromatic heterocycles. The van der Waals surface area contributed by atoms with Gasteiger partial charge in [-0.25, -0.2) is 13.1 Å². The Hall–Kier alpha value is -1.47. The number of nitro benzene ring substituents is 1. The monoisotopic (exact) mass is 310 g/mol. The van der Waals surface area contributed by atoms with Gasteiger partial charge in [0.15, 0.2) is 0 Å². The highest BCUT2D eigenvalue weighted by Crippen LogP contribution is 2.44. The largest absolute Gasteiger partial charge is 0.269 e. The number of rotatable bonds is 5. The Bertz CT molecular complexity index is 659. The predicted octanol–water partition coefficient (Wildman–Crippen LogP) is 2.20. The van der Waals surface area contributed by atoms with Crippen LogP contribution >= 0.6 is 0 Å². The van der Waals surface area contributed by atoms with Crippen molar-refractivity contribution >= 4 is 15.7 Å². The minimum atomic E-state index is -3.46. The van der Waals surface area contributed by atoms with Crippen LogP contribution in [0.3, 0.4) is 0 Å². The summed E-state index contributed by atoms with van der Waals surface area (Å²) in [5.41, 5.74) is 0.363. The Morgan fingerprint density at radius 3 is 2.71 bits per heavy atom. The van der Waals surface area contributed by atoms with Crippen LogP contribution in [0.2, 0.25) is 0 Å². The van der Waals surface area contributed by atoms with Crippen LogP contribution in [0.25, 0.3) is 0 Å². The molecule has 2 saturated carbocycles. The molecule has 0 amide bonds. The van der Waals surface area contributed by atoms with Crippen molar-refractivity contribution < 1.29 is 13.3 Å². The number of nitro groups is 1. The molecule has 21 heavy (non-hydrogen) atoms. The lowest BCUT2D eigenvalue weighted by atomic mass is 9.96. The molecule has 2 aliphatic rings. The normalized spacial score (nSPS) is 27.9.